The van der Waals surface area contributed by atoms with Crippen molar-refractivity contribution in [2.75, 3.05) is 42.9 Å². The maximum Gasteiger partial charge on any atom is 0.254 e. The van der Waals surface area contributed by atoms with Crippen LogP contribution in [0, 0.1) is 0 Å². The number of aromatic nitrogens is 2. The Morgan fingerprint density at radius 2 is 2.07 bits per heavy atom. The normalized spacial score (nSPS) is 22.5. The van der Waals surface area contributed by atoms with Crippen molar-refractivity contribution in [3.05, 3.63) is 41.2 Å². The number of carbonyl (C=O) groups excluding carboxylic acids is 1. The topological polar surface area (TPSA) is 73.4 Å². The average molecular weight is 411 g/mol. The molecule has 4 heterocycles. The summed E-state index contributed by atoms with van der Waals surface area (Å²) in [6, 6.07) is 7.19. The predicted octanol–water partition coefficient (Wildman–Crippen LogP) is 2.51. The number of nitrogens with zero attached hydrogens (tertiary/aromatic N) is 4. The zero-order valence-corrected chi connectivity index (χ0v) is 17.6. The summed E-state index contributed by atoms with van der Waals surface area (Å²) in [6.07, 6.45) is 2.45. The standard InChI is InChI=1S/C21H26N6OS/c1-13(15-3-4-19-18(11-15)24-14(2)29-19)26-7-9-27(10-8-26)21-23-12-16-17(25-21)5-6-22-20(16)28/h3-4,11-14,24H,5-10H2,1-2H3,(H,22,28)/t13-,14?/m1/s1. The molecular weight excluding hydrogens is 384 g/mol. The van der Waals surface area contributed by atoms with Crippen LogP contribution < -0.4 is 15.5 Å². The van der Waals surface area contributed by atoms with Crippen molar-refractivity contribution in [3.63, 3.8) is 0 Å². The summed E-state index contributed by atoms with van der Waals surface area (Å²) in [5, 5.41) is 6.83. The Kier molecular flexibility index (Phi) is 4.83. The number of anilines is 2. The monoisotopic (exact) mass is 410 g/mol. The third-order valence-electron chi connectivity index (χ3n) is 6.04. The fourth-order valence-electron chi connectivity index (χ4n) is 4.31. The van der Waals surface area contributed by atoms with Crippen LogP contribution in [-0.4, -0.2) is 58.9 Å². The second kappa shape index (κ2) is 7.50. The molecular formula is C21H26N6OS. The van der Waals surface area contributed by atoms with E-state index >= 15 is 0 Å². The molecule has 2 aromatic rings. The number of piperazine rings is 1. The van der Waals surface area contributed by atoms with Crippen LogP contribution in [0.4, 0.5) is 11.6 Å². The van der Waals surface area contributed by atoms with Gasteiger partial charge in [-0.15, -0.1) is 0 Å². The molecule has 2 N–H and O–H groups in total. The van der Waals surface area contributed by atoms with Gasteiger partial charge in [0.25, 0.3) is 5.91 Å². The number of rotatable bonds is 3. The highest BCUT2D eigenvalue weighted by Gasteiger charge is 2.26. The second-order valence-corrected chi connectivity index (χ2v) is 9.28. The number of amides is 1. The molecule has 1 fully saturated rings. The summed E-state index contributed by atoms with van der Waals surface area (Å²) < 4.78 is 0. The Hall–Kier alpha value is -2.32. The Morgan fingerprint density at radius 3 is 2.90 bits per heavy atom. The Labute approximate surface area is 175 Å². The van der Waals surface area contributed by atoms with E-state index in [9.17, 15) is 4.79 Å². The minimum Gasteiger partial charge on any atom is -0.372 e. The van der Waals surface area contributed by atoms with Crippen LogP contribution >= 0.6 is 11.8 Å². The van der Waals surface area contributed by atoms with Crippen molar-refractivity contribution in [1.29, 1.82) is 0 Å². The molecule has 8 heteroatoms. The molecule has 152 valence electrons. The third-order valence-corrected chi connectivity index (χ3v) is 7.12. The van der Waals surface area contributed by atoms with Crippen LogP contribution in [0.1, 0.15) is 41.5 Å². The number of benzene rings is 1. The minimum absolute atomic E-state index is 0.0620. The van der Waals surface area contributed by atoms with Gasteiger partial charge in [-0.25, -0.2) is 9.97 Å². The highest BCUT2D eigenvalue weighted by atomic mass is 32.2. The summed E-state index contributed by atoms with van der Waals surface area (Å²) in [5.41, 5.74) is 4.10. The smallest absolute Gasteiger partial charge is 0.254 e. The van der Waals surface area contributed by atoms with Gasteiger partial charge in [-0.05, 0) is 31.5 Å². The van der Waals surface area contributed by atoms with Gasteiger partial charge in [0.15, 0.2) is 0 Å². The average Bonchev–Trinajstić information content (AvgIpc) is 3.12. The van der Waals surface area contributed by atoms with Gasteiger partial charge < -0.3 is 15.5 Å². The molecule has 1 amide bonds. The zero-order chi connectivity index (χ0) is 20.0. The van der Waals surface area contributed by atoms with Crippen LogP contribution in [0.25, 0.3) is 0 Å². The number of hydrogen-bond acceptors (Lipinski definition) is 7. The zero-order valence-electron chi connectivity index (χ0n) is 16.8. The molecule has 0 spiro atoms. The van der Waals surface area contributed by atoms with Gasteiger partial charge in [0, 0.05) is 62.0 Å². The van der Waals surface area contributed by atoms with Crippen LogP contribution in [0.2, 0.25) is 0 Å². The Morgan fingerprint density at radius 1 is 1.24 bits per heavy atom. The molecule has 0 aliphatic carbocycles. The van der Waals surface area contributed by atoms with Gasteiger partial charge in [-0.1, -0.05) is 17.8 Å². The van der Waals surface area contributed by atoms with Gasteiger partial charge in [0.1, 0.15) is 0 Å². The maximum atomic E-state index is 11.9. The molecule has 29 heavy (non-hydrogen) atoms. The molecule has 3 aliphatic rings. The summed E-state index contributed by atoms with van der Waals surface area (Å²) >= 11 is 1.88. The first-order valence-corrected chi connectivity index (χ1v) is 11.2. The van der Waals surface area contributed by atoms with Crippen molar-refractivity contribution in [1.82, 2.24) is 20.2 Å². The van der Waals surface area contributed by atoms with E-state index in [0.717, 1.165) is 44.2 Å². The first-order chi connectivity index (χ1) is 14.1. The second-order valence-electron chi connectivity index (χ2n) is 7.90. The Bertz CT molecular complexity index is 943. The lowest BCUT2D eigenvalue weighted by atomic mass is 10.1. The van der Waals surface area contributed by atoms with Gasteiger partial charge in [-0.2, -0.15) is 0 Å². The van der Waals surface area contributed by atoms with Gasteiger partial charge in [0.05, 0.1) is 16.6 Å². The first-order valence-electron chi connectivity index (χ1n) is 10.3. The van der Waals surface area contributed by atoms with Crippen LogP contribution in [0.3, 0.4) is 0 Å². The van der Waals surface area contributed by atoms with Crippen molar-refractivity contribution in [2.24, 2.45) is 0 Å². The predicted molar refractivity (Wildman–Crippen MR) is 116 cm³/mol. The molecule has 1 unspecified atom stereocenters. The molecule has 3 aliphatic heterocycles. The molecule has 5 rings (SSSR count). The molecule has 0 radical (unpaired) electrons. The molecule has 1 saturated heterocycles. The third kappa shape index (κ3) is 3.55. The fourth-order valence-corrected chi connectivity index (χ4v) is 5.27. The Balaban J connectivity index is 1.25. The molecule has 1 aromatic heterocycles. The van der Waals surface area contributed by atoms with Crippen LogP contribution in [0.15, 0.2) is 29.3 Å². The molecule has 0 bridgehead atoms. The molecule has 1 aromatic carbocycles. The first kappa shape index (κ1) is 18.7. The summed E-state index contributed by atoms with van der Waals surface area (Å²) in [7, 11) is 0. The fraction of sp³-hybridized carbons (Fsp3) is 0.476. The SMILES string of the molecule is CC1Nc2cc([C@@H](C)N3CCN(c4ncc5c(n4)CCNC5=O)CC3)ccc2S1. The van der Waals surface area contributed by atoms with Gasteiger partial charge >= 0.3 is 0 Å². The summed E-state index contributed by atoms with van der Waals surface area (Å²) in [5.74, 6) is 0.687. The van der Waals surface area contributed by atoms with Crippen molar-refractivity contribution in [2.45, 2.75) is 36.6 Å². The largest absolute Gasteiger partial charge is 0.372 e. The number of hydrogen-bond donors (Lipinski definition) is 2. The van der Waals surface area contributed by atoms with Gasteiger partial charge in [-0.3, -0.25) is 9.69 Å². The van der Waals surface area contributed by atoms with Crippen LogP contribution in [0.5, 0.6) is 0 Å². The highest BCUT2D eigenvalue weighted by molar-refractivity contribution is 8.00. The van der Waals surface area contributed by atoms with Crippen molar-refractivity contribution in [3.8, 4) is 0 Å². The minimum atomic E-state index is -0.0620. The molecule has 7 nitrogen and oxygen atoms in total. The number of fused-ring (bicyclic) bond motifs is 2. The lowest BCUT2D eigenvalue weighted by Crippen LogP contribution is -2.48. The summed E-state index contributed by atoms with van der Waals surface area (Å²) in [4.78, 5) is 27.2. The lowest BCUT2D eigenvalue weighted by Gasteiger charge is -2.38. The van der Waals surface area contributed by atoms with E-state index in [-0.39, 0.29) is 5.91 Å². The quantitative estimate of drug-likeness (QED) is 0.805. The van der Waals surface area contributed by atoms with E-state index in [1.54, 1.807) is 6.20 Å². The van der Waals surface area contributed by atoms with Crippen molar-refractivity contribution >= 4 is 29.3 Å². The highest BCUT2D eigenvalue weighted by Crippen LogP contribution is 2.40. The maximum absolute atomic E-state index is 11.9. The molecule has 0 saturated carbocycles. The van der Waals surface area contributed by atoms with Crippen LogP contribution in [-0.2, 0) is 6.42 Å². The van der Waals surface area contributed by atoms with E-state index < -0.39 is 0 Å². The van der Waals surface area contributed by atoms with Gasteiger partial charge in [0.2, 0.25) is 5.95 Å². The molecule has 2 atom stereocenters. The van der Waals surface area contributed by atoms with E-state index in [0.29, 0.717) is 23.5 Å². The van der Waals surface area contributed by atoms with E-state index in [4.69, 9.17) is 0 Å². The van der Waals surface area contributed by atoms with Crippen molar-refractivity contribution < 1.29 is 4.79 Å². The van der Waals surface area contributed by atoms with E-state index in [1.807, 2.05) is 11.8 Å². The lowest BCUT2D eigenvalue weighted by molar-refractivity contribution is 0.0944. The number of thioether (sulfide) groups is 1. The number of nitrogens with one attached hydrogen (secondary N) is 2. The van der Waals surface area contributed by atoms with E-state index in [1.165, 1.54) is 16.1 Å². The number of carbonyl (C=O) groups is 1. The summed E-state index contributed by atoms with van der Waals surface area (Å²) in [6.45, 7) is 8.87. The van der Waals surface area contributed by atoms with E-state index in [2.05, 4.69) is 62.4 Å².